The fourth-order valence-electron chi connectivity index (χ4n) is 1.18. The molecule has 4 nitrogen and oxygen atoms in total. The molecule has 0 spiro atoms. The average Bonchev–Trinajstić information content (AvgIpc) is 2.29. The summed E-state index contributed by atoms with van der Waals surface area (Å²) in [5.41, 5.74) is -0.0865. The van der Waals surface area contributed by atoms with Gasteiger partial charge in [-0.2, -0.15) is 8.78 Å². The van der Waals surface area contributed by atoms with Crippen LogP contribution in [0.5, 0.6) is 5.75 Å². The van der Waals surface area contributed by atoms with Gasteiger partial charge < -0.3 is 4.74 Å². The Morgan fingerprint density at radius 1 is 1.50 bits per heavy atom. The Hall–Kier alpha value is -0.670. The molecule has 0 unspecified atom stereocenters. The zero-order chi connectivity index (χ0) is 13.9. The van der Waals surface area contributed by atoms with Crippen molar-refractivity contribution in [3.05, 3.63) is 26.3 Å². The van der Waals surface area contributed by atoms with E-state index in [0.29, 0.717) is 3.57 Å². The maximum absolute atomic E-state index is 12.3. The zero-order valence-corrected chi connectivity index (χ0v) is 12.3. The summed E-state index contributed by atoms with van der Waals surface area (Å²) in [5, 5.41) is 1.13. The Morgan fingerprint density at radius 3 is 2.61 bits per heavy atom. The summed E-state index contributed by atoms with van der Waals surface area (Å²) in [5.74, 6) is -0.850. The Kier molecular flexibility index (Phi) is 5.54. The van der Waals surface area contributed by atoms with Crippen molar-refractivity contribution in [3.63, 3.8) is 0 Å². The first-order chi connectivity index (χ1) is 8.36. The molecule has 1 aromatic rings. The molecule has 0 saturated carbocycles. The molecule has 18 heavy (non-hydrogen) atoms. The van der Waals surface area contributed by atoms with E-state index < -0.39 is 12.5 Å². The lowest BCUT2D eigenvalue weighted by Crippen LogP contribution is -2.26. The number of hydrogen-bond acceptors (Lipinski definition) is 3. The molecule has 0 aliphatic rings. The smallest absolute Gasteiger partial charge is 0.387 e. The third-order valence-corrected chi connectivity index (χ3v) is 3.03. The first-order valence-corrected chi connectivity index (χ1v) is 6.08. The molecular formula is C10H9ClF2INO3. The fourth-order valence-corrected chi connectivity index (χ4v) is 2.34. The molecule has 0 bridgehead atoms. The van der Waals surface area contributed by atoms with Crippen LogP contribution in [0.4, 0.5) is 8.78 Å². The SMILES string of the molecule is CON(C)C(=O)c1cc(Cl)cc(I)c1OC(F)F. The standard InChI is InChI=1S/C10H9ClF2INO3/c1-15(17-2)9(16)6-3-5(11)4-7(14)8(6)18-10(12)13/h3-4,10H,1-2H3. The van der Waals surface area contributed by atoms with E-state index in [9.17, 15) is 13.6 Å². The monoisotopic (exact) mass is 391 g/mol. The van der Waals surface area contributed by atoms with Crippen LogP contribution in [0, 0.1) is 3.57 Å². The van der Waals surface area contributed by atoms with E-state index in [1.807, 2.05) is 0 Å². The molecule has 0 aromatic heterocycles. The first-order valence-electron chi connectivity index (χ1n) is 4.62. The van der Waals surface area contributed by atoms with Gasteiger partial charge in [-0.05, 0) is 34.7 Å². The van der Waals surface area contributed by atoms with Crippen LogP contribution in [-0.4, -0.2) is 31.7 Å². The van der Waals surface area contributed by atoms with Crippen molar-refractivity contribution in [2.45, 2.75) is 6.61 Å². The molecule has 1 rings (SSSR count). The Labute approximate surface area is 121 Å². The highest BCUT2D eigenvalue weighted by molar-refractivity contribution is 14.1. The molecule has 0 saturated heterocycles. The summed E-state index contributed by atoms with van der Waals surface area (Å²) in [7, 11) is 2.63. The second-order valence-electron chi connectivity index (χ2n) is 3.13. The van der Waals surface area contributed by atoms with E-state index in [0.717, 1.165) is 5.06 Å². The summed E-state index contributed by atoms with van der Waals surface area (Å²) in [6, 6.07) is 2.67. The lowest BCUT2D eigenvalue weighted by molar-refractivity contribution is -0.0772. The van der Waals surface area contributed by atoms with E-state index in [1.165, 1.54) is 26.3 Å². The molecule has 0 aliphatic carbocycles. The van der Waals surface area contributed by atoms with E-state index in [1.54, 1.807) is 22.6 Å². The number of halogens is 4. The number of benzene rings is 1. The highest BCUT2D eigenvalue weighted by Gasteiger charge is 2.22. The van der Waals surface area contributed by atoms with Crippen LogP contribution in [0.1, 0.15) is 10.4 Å². The maximum Gasteiger partial charge on any atom is 0.387 e. The number of amides is 1. The molecule has 0 aliphatic heterocycles. The summed E-state index contributed by atoms with van der Waals surface area (Å²) in [6.45, 7) is -3.03. The first kappa shape index (κ1) is 15.4. The number of alkyl halides is 2. The molecule has 1 aromatic carbocycles. The van der Waals surface area contributed by atoms with Gasteiger partial charge in [0.05, 0.1) is 16.2 Å². The van der Waals surface area contributed by atoms with Gasteiger partial charge in [-0.3, -0.25) is 9.63 Å². The Balaban J connectivity index is 3.27. The predicted molar refractivity (Wildman–Crippen MR) is 69.9 cm³/mol. The van der Waals surface area contributed by atoms with Crippen molar-refractivity contribution in [2.24, 2.45) is 0 Å². The summed E-state index contributed by atoms with van der Waals surface area (Å²) < 4.78 is 29.3. The van der Waals surface area contributed by atoms with Gasteiger partial charge in [0.1, 0.15) is 0 Å². The van der Waals surface area contributed by atoms with Crippen LogP contribution in [0.3, 0.4) is 0 Å². The highest BCUT2D eigenvalue weighted by Crippen LogP contribution is 2.31. The number of hydrogen-bond donors (Lipinski definition) is 0. The third kappa shape index (κ3) is 3.66. The van der Waals surface area contributed by atoms with Gasteiger partial charge in [0.25, 0.3) is 5.91 Å². The largest absolute Gasteiger partial charge is 0.433 e. The molecule has 0 N–H and O–H groups in total. The molecular weight excluding hydrogens is 382 g/mol. The van der Waals surface area contributed by atoms with Gasteiger partial charge in [0.15, 0.2) is 5.75 Å². The third-order valence-electron chi connectivity index (χ3n) is 2.01. The van der Waals surface area contributed by atoms with Crippen LogP contribution in [0.25, 0.3) is 0 Å². The highest BCUT2D eigenvalue weighted by atomic mass is 127. The second kappa shape index (κ2) is 6.48. The van der Waals surface area contributed by atoms with Crippen LogP contribution in [-0.2, 0) is 4.84 Å². The van der Waals surface area contributed by atoms with Crippen LogP contribution < -0.4 is 4.74 Å². The minimum absolute atomic E-state index is 0.0865. The van der Waals surface area contributed by atoms with Crippen molar-refractivity contribution in [1.29, 1.82) is 0 Å². The van der Waals surface area contributed by atoms with Gasteiger partial charge in [-0.15, -0.1) is 0 Å². The van der Waals surface area contributed by atoms with E-state index in [-0.39, 0.29) is 16.3 Å². The molecule has 0 radical (unpaired) electrons. The molecule has 1 amide bonds. The van der Waals surface area contributed by atoms with Crippen molar-refractivity contribution >= 4 is 40.1 Å². The molecule has 8 heteroatoms. The lowest BCUT2D eigenvalue weighted by atomic mass is 10.2. The second-order valence-corrected chi connectivity index (χ2v) is 4.73. The van der Waals surface area contributed by atoms with Gasteiger partial charge in [-0.1, -0.05) is 11.6 Å². The van der Waals surface area contributed by atoms with Crippen molar-refractivity contribution < 1.29 is 23.1 Å². The number of ether oxygens (including phenoxy) is 1. The van der Waals surface area contributed by atoms with Crippen molar-refractivity contribution in [3.8, 4) is 5.75 Å². The molecule has 0 heterocycles. The van der Waals surface area contributed by atoms with Gasteiger partial charge in [0.2, 0.25) is 0 Å². The molecule has 0 atom stereocenters. The minimum Gasteiger partial charge on any atom is -0.433 e. The van der Waals surface area contributed by atoms with Gasteiger partial charge in [0, 0.05) is 12.1 Å². The van der Waals surface area contributed by atoms with Gasteiger partial charge in [-0.25, -0.2) is 5.06 Å². The zero-order valence-electron chi connectivity index (χ0n) is 9.42. The van der Waals surface area contributed by atoms with Crippen molar-refractivity contribution in [1.82, 2.24) is 5.06 Å². The number of carbonyl (C=O) groups excluding carboxylic acids is 1. The normalized spacial score (nSPS) is 10.6. The quantitative estimate of drug-likeness (QED) is 0.585. The summed E-state index contributed by atoms with van der Waals surface area (Å²) in [6.07, 6.45) is 0. The van der Waals surface area contributed by atoms with E-state index in [2.05, 4.69) is 4.74 Å². The number of nitrogens with zero attached hydrogens (tertiary/aromatic N) is 1. The number of rotatable bonds is 4. The van der Waals surface area contributed by atoms with Gasteiger partial charge >= 0.3 is 6.61 Å². The summed E-state index contributed by atoms with van der Waals surface area (Å²) in [4.78, 5) is 16.6. The van der Waals surface area contributed by atoms with Crippen molar-refractivity contribution in [2.75, 3.05) is 14.2 Å². The molecule has 0 fully saturated rings. The average molecular weight is 392 g/mol. The van der Waals surface area contributed by atoms with E-state index >= 15 is 0 Å². The Morgan fingerprint density at radius 2 is 2.11 bits per heavy atom. The van der Waals surface area contributed by atoms with Crippen LogP contribution in [0.15, 0.2) is 12.1 Å². The lowest BCUT2D eigenvalue weighted by Gasteiger charge is -2.17. The van der Waals surface area contributed by atoms with Crippen LogP contribution >= 0.6 is 34.2 Å². The summed E-state index contributed by atoms with van der Waals surface area (Å²) >= 11 is 7.55. The number of hydroxylamine groups is 2. The maximum atomic E-state index is 12.3. The fraction of sp³-hybridized carbons (Fsp3) is 0.300. The predicted octanol–water partition coefficient (Wildman–Crippen LogP) is 3.18. The minimum atomic E-state index is -3.03. The van der Waals surface area contributed by atoms with Crippen LogP contribution in [0.2, 0.25) is 5.02 Å². The topological polar surface area (TPSA) is 38.8 Å². The number of carbonyl (C=O) groups is 1. The van der Waals surface area contributed by atoms with E-state index in [4.69, 9.17) is 16.4 Å². The molecule has 100 valence electrons. The Bertz CT molecular complexity index is 459.